The van der Waals surface area contributed by atoms with Gasteiger partial charge in [0.2, 0.25) is 0 Å². The van der Waals surface area contributed by atoms with Crippen molar-refractivity contribution in [1.82, 2.24) is 4.90 Å². The molecular weight excluding hydrogens is 523 g/mol. The third kappa shape index (κ3) is 5.15. The third-order valence-electron chi connectivity index (χ3n) is 6.56. The van der Waals surface area contributed by atoms with Gasteiger partial charge in [0.1, 0.15) is 0 Å². The number of halogens is 3. The van der Waals surface area contributed by atoms with E-state index in [1.165, 1.54) is 41.5 Å². The van der Waals surface area contributed by atoms with Crippen molar-refractivity contribution in [2.75, 3.05) is 24.3 Å². The van der Waals surface area contributed by atoms with E-state index < -0.39 is 34.4 Å². The summed E-state index contributed by atoms with van der Waals surface area (Å²) < 4.78 is 61.7. The maximum atomic E-state index is 14.0. The van der Waals surface area contributed by atoms with Gasteiger partial charge in [0.25, 0.3) is 0 Å². The Morgan fingerprint density at radius 2 is 1.87 bits per heavy atom. The van der Waals surface area contributed by atoms with Crippen molar-refractivity contribution >= 4 is 28.1 Å². The molecule has 3 N–H and O–H groups in total. The SMILES string of the molecule is CS(O)(O)c1cc(C#N)ccc1C1C2=C(CCCC2=O)N(c2cccc(C(F)(F)F)c2)C(=O)N1CCCO. The topological polar surface area (TPSA) is 125 Å². The standard InChI is InChI=1S/C26H26F3N3O5S/c1-38(36,37)22-13-16(15-30)9-10-19(22)24-23-20(7-3-8-21(23)34)32(25(35)31(24)11-4-12-33)18-6-2-5-17(14-18)26(27,28)29/h2,5-6,9-10,13-14,24,33,36-37H,3-4,7-8,11-12H2,1H3. The van der Waals surface area contributed by atoms with E-state index in [-0.39, 0.29) is 71.2 Å². The first kappa shape index (κ1) is 27.7. The van der Waals surface area contributed by atoms with Crippen LogP contribution in [0.1, 0.15) is 48.4 Å². The Balaban J connectivity index is 2.00. The lowest BCUT2D eigenvalue weighted by Gasteiger charge is -2.46. The lowest BCUT2D eigenvalue weighted by Crippen LogP contribution is -2.52. The van der Waals surface area contributed by atoms with E-state index in [1.807, 2.05) is 6.07 Å². The van der Waals surface area contributed by atoms with Crippen LogP contribution in [-0.2, 0) is 11.0 Å². The largest absolute Gasteiger partial charge is 0.416 e. The van der Waals surface area contributed by atoms with Gasteiger partial charge >= 0.3 is 12.2 Å². The van der Waals surface area contributed by atoms with Crippen molar-refractivity contribution < 1.29 is 37.0 Å². The van der Waals surface area contributed by atoms with Gasteiger partial charge in [-0.05, 0) is 49.6 Å². The molecule has 38 heavy (non-hydrogen) atoms. The van der Waals surface area contributed by atoms with Gasteiger partial charge in [0.15, 0.2) is 5.78 Å². The number of urea groups is 1. The van der Waals surface area contributed by atoms with Crippen LogP contribution in [0.25, 0.3) is 0 Å². The first-order valence-corrected chi connectivity index (χ1v) is 13.8. The quantitative estimate of drug-likeness (QED) is 0.425. The first-order chi connectivity index (χ1) is 17.9. The second kappa shape index (κ2) is 10.4. The zero-order valence-electron chi connectivity index (χ0n) is 20.4. The zero-order valence-corrected chi connectivity index (χ0v) is 21.2. The van der Waals surface area contributed by atoms with Crippen LogP contribution in [0.2, 0.25) is 0 Å². The highest BCUT2D eigenvalue weighted by atomic mass is 32.3. The van der Waals surface area contributed by atoms with Crippen LogP contribution >= 0.6 is 10.6 Å². The van der Waals surface area contributed by atoms with Crippen molar-refractivity contribution in [2.45, 2.75) is 42.8 Å². The Morgan fingerprint density at radius 3 is 2.50 bits per heavy atom. The fraction of sp³-hybridized carbons (Fsp3) is 0.346. The number of nitrogens with zero attached hydrogens (tertiary/aromatic N) is 3. The summed E-state index contributed by atoms with van der Waals surface area (Å²) in [6.45, 7) is -0.370. The van der Waals surface area contributed by atoms with E-state index in [0.29, 0.717) is 6.42 Å². The number of alkyl halides is 3. The van der Waals surface area contributed by atoms with E-state index in [4.69, 9.17) is 0 Å². The molecule has 0 saturated carbocycles. The number of ketones is 1. The molecule has 1 heterocycles. The predicted octanol–water partition coefficient (Wildman–Crippen LogP) is 5.69. The summed E-state index contributed by atoms with van der Waals surface area (Å²) in [6.07, 6.45) is -2.62. The van der Waals surface area contributed by atoms with E-state index in [1.54, 1.807) is 0 Å². The number of rotatable bonds is 6. The van der Waals surface area contributed by atoms with Gasteiger partial charge < -0.3 is 10.0 Å². The van der Waals surface area contributed by atoms with Crippen LogP contribution in [0.15, 0.2) is 58.6 Å². The highest BCUT2D eigenvalue weighted by molar-refractivity contribution is 8.23. The minimum Gasteiger partial charge on any atom is -0.396 e. The summed E-state index contributed by atoms with van der Waals surface area (Å²) in [5, 5.41) is 18.9. The summed E-state index contributed by atoms with van der Waals surface area (Å²) in [6, 6.07) is 8.61. The second-order valence-corrected chi connectivity index (χ2v) is 11.3. The highest BCUT2D eigenvalue weighted by Crippen LogP contribution is 2.52. The van der Waals surface area contributed by atoms with E-state index >= 15 is 0 Å². The van der Waals surface area contributed by atoms with Crippen molar-refractivity contribution in [3.8, 4) is 6.07 Å². The molecule has 2 amide bonds. The number of aliphatic hydroxyl groups excluding tert-OH is 1. The third-order valence-corrected chi connectivity index (χ3v) is 7.75. The van der Waals surface area contributed by atoms with Gasteiger partial charge in [-0.1, -0.05) is 12.1 Å². The molecule has 1 unspecified atom stereocenters. The maximum absolute atomic E-state index is 14.0. The van der Waals surface area contributed by atoms with Crippen LogP contribution in [0, 0.1) is 11.3 Å². The summed E-state index contributed by atoms with van der Waals surface area (Å²) in [5.74, 6) is -0.322. The van der Waals surface area contributed by atoms with Crippen LogP contribution in [0.3, 0.4) is 0 Å². The number of anilines is 1. The fourth-order valence-electron chi connectivity index (χ4n) is 4.94. The molecule has 0 aromatic heterocycles. The Bertz CT molecular complexity index is 1350. The second-order valence-electron chi connectivity index (χ2n) is 9.17. The van der Waals surface area contributed by atoms with Gasteiger partial charge in [0, 0.05) is 42.7 Å². The predicted molar refractivity (Wildman–Crippen MR) is 135 cm³/mol. The normalized spacial score (nSPS) is 18.9. The molecule has 202 valence electrons. The molecule has 0 radical (unpaired) electrons. The lowest BCUT2D eigenvalue weighted by molar-refractivity contribution is -0.137. The van der Waals surface area contributed by atoms with Crippen molar-refractivity contribution in [1.29, 1.82) is 5.26 Å². The molecule has 4 rings (SSSR count). The molecule has 1 aliphatic heterocycles. The van der Waals surface area contributed by atoms with Crippen LogP contribution < -0.4 is 4.90 Å². The van der Waals surface area contributed by atoms with Crippen molar-refractivity contribution in [3.05, 3.63) is 70.4 Å². The van der Waals surface area contributed by atoms with Crippen molar-refractivity contribution in [3.63, 3.8) is 0 Å². The lowest BCUT2D eigenvalue weighted by atomic mass is 9.83. The minimum absolute atomic E-state index is 0.0129. The smallest absolute Gasteiger partial charge is 0.396 e. The number of hydrogen-bond acceptors (Lipinski definition) is 6. The minimum atomic E-state index is -4.65. The Kier molecular flexibility index (Phi) is 7.58. The van der Waals surface area contributed by atoms with Gasteiger partial charge in [0.05, 0.1) is 33.8 Å². The number of carbonyl (C=O) groups excluding carboxylic acids is 2. The van der Waals surface area contributed by atoms with Gasteiger partial charge in [-0.15, -0.1) is 0 Å². The van der Waals surface area contributed by atoms with E-state index in [9.17, 15) is 42.2 Å². The fourth-order valence-corrected chi connectivity index (χ4v) is 5.92. The maximum Gasteiger partial charge on any atom is 0.416 e. The average molecular weight is 550 g/mol. The Labute approximate surface area is 218 Å². The van der Waals surface area contributed by atoms with Crippen LogP contribution in [-0.4, -0.2) is 50.3 Å². The summed E-state index contributed by atoms with van der Waals surface area (Å²) in [4.78, 5) is 29.8. The Hall–Kier alpha value is -3.37. The molecule has 1 atom stereocenters. The van der Waals surface area contributed by atoms with E-state index in [0.717, 1.165) is 17.0 Å². The van der Waals surface area contributed by atoms with Crippen LogP contribution in [0.4, 0.5) is 23.7 Å². The molecule has 0 fully saturated rings. The molecule has 8 nitrogen and oxygen atoms in total. The molecule has 0 bridgehead atoms. The molecule has 2 aromatic rings. The molecule has 1 aliphatic carbocycles. The van der Waals surface area contributed by atoms with Gasteiger partial charge in [-0.25, -0.2) is 4.79 Å². The number of aliphatic hydroxyl groups is 1. The van der Waals surface area contributed by atoms with Gasteiger partial charge in [-0.3, -0.25) is 18.8 Å². The first-order valence-electron chi connectivity index (χ1n) is 11.8. The number of hydrogen-bond donors (Lipinski definition) is 3. The molecule has 2 aromatic carbocycles. The number of nitriles is 1. The molecule has 0 saturated heterocycles. The van der Waals surface area contributed by atoms with Crippen molar-refractivity contribution in [2.24, 2.45) is 0 Å². The molecule has 2 aliphatic rings. The highest BCUT2D eigenvalue weighted by Gasteiger charge is 2.46. The summed E-state index contributed by atoms with van der Waals surface area (Å²) >= 11 is 0. The summed E-state index contributed by atoms with van der Waals surface area (Å²) in [7, 11) is -3.43. The number of carbonyl (C=O) groups is 2. The Morgan fingerprint density at radius 1 is 1.13 bits per heavy atom. The number of allylic oxidation sites excluding steroid dienone is 1. The molecule has 12 heteroatoms. The molecular formula is C26H26F3N3O5S. The number of Topliss-reactive ketones (excluding diaryl/α,β-unsaturated/α-hetero) is 1. The zero-order chi connectivity index (χ0) is 27.8. The van der Waals surface area contributed by atoms with E-state index in [2.05, 4.69) is 0 Å². The monoisotopic (exact) mass is 549 g/mol. The average Bonchev–Trinajstić information content (AvgIpc) is 2.86. The molecule has 0 spiro atoms. The van der Waals surface area contributed by atoms with Gasteiger partial charge in [-0.2, -0.15) is 29.0 Å². The number of benzene rings is 2. The number of amides is 2. The van der Waals surface area contributed by atoms with Crippen LogP contribution in [0.5, 0.6) is 0 Å². The summed E-state index contributed by atoms with van der Waals surface area (Å²) in [5.41, 5.74) is -0.224.